The maximum absolute atomic E-state index is 12.8. The van der Waals surface area contributed by atoms with Gasteiger partial charge in [-0.2, -0.15) is 0 Å². The van der Waals surface area contributed by atoms with Gasteiger partial charge >= 0.3 is 0 Å². The van der Waals surface area contributed by atoms with E-state index in [1.807, 2.05) is 0 Å². The Bertz CT molecular complexity index is 1120. The summed E-state index contributed by atoms with van der Waals surface area (Å²) in [7, 11) is 0. The number of hydrogen-bond donors (Lipinski definition) is 0. The number of carbonyl (C=O) groups is 2. The second kappa shape index (κ2) is 5.66. The molecule has 1 aromatic carbocycles. The molecule has 126 valence electrons. The molecule has 0 spiro atoms. The summed E-state index contributed by atoms with van der Waals surface area (Å²) >= 11 is 0. The molecule has 0 saturated heterocycles. The number of aryl methyl sites for hydroxylation is 1. The number of benzene rings is 1. The standard InChI is InChI=1S/C19H11N3O4/c1-10-9-21-17-15(14(10)11-5-2-3-7-13(11)22(25)26)19(24)18(23)12-6-4-8-20-16(12)17/h2-9H,1H3. The lowest BCUT2D eigenvalue weighted by Gasteiger charge is -2.20. The number of nitro benzene ring substituents is 1. The molecule has 0 N–H and O–H groups in total. The lowest BCUT2D eigenvalue weighted by molar-refractivity contribution is -0.384. The Morgan fingerprint density at radius 3 is 2.38 bits per heavy atom. The zero-order chi connectivity index (χ0) is 18.4. The zero-order valence-electron chi connectivity index (χ0n) is 13.6. The second-order valence-corrected chi connectivity index (χ2v) is 5.87. The first-order valence-electron chi connectivity index (χ1n) is 7.78. The van der Waals surface area contributed by atoms with Gasteiger partial charge in [-0.15, -0.1) is 0 Å². The molecule has 0 aliphatic heterocycles. The summed E-state index contributed by atoms with van der Waals surface area (Å²) in [6.07, 6.45) is 3.05. The number of pyridine rings is 2. The molecule has 0 atom stereocenters. The highest BCUT2D eigenvalue weighted by Gasteiger charge is 2.36. The normalized spacial score (nSPS) is 12.5. The molecule has 26 heavy (non-hydrogen) atoms. The summed E-state index contributed by atoms with van der Waals surface area (Å²) in [5.41, 5.74) is 1.88. The van der Waals surface area contributed by atoms with E-state index in [4.69, 9.17) is 0 Å². The first-order chi connectivity index (χ1) is 12.5. The van der Waals surface area contributed by atoms with Gasteiger partial charge in [0.25, 0.3) is 5.69 Å². The summed E-state index contributed by atoms with van der Waals surface area (Å²) in [4.78, 5) is 44.8. The molecule has 0 radical (unpaired) electrons. The number of carbonyl (C=O) groups excluding carboxylic acids is 2. The van der Waals surface area contributed by atoms with Crippen molar-refractivity contribution in [2.45, 2.75) is 6.92 Å². The van der Waals surface area contributed by atoms with Crippen LogP contribution in [0.4, 0.5) is 5.69 Å². The third-order valence-electron chi connectivity index (χ3n) is 4.35. The number of fused-ring (bicyclic) bond motifs is 3. The molecule has 1 aliphatic carbocycles. The van der Waals surface area contributed by atoms with Crippen LogP contribution in [0, 0.1) is 17.0 Å². The predicted octanol–water partition coefficient (Wildman–Crippen LogP) is 3.41. The van der Waals surface area contributed by atoms with Crippen molar-refractivity contribution in [1.82, 2.24) is 9.97 Å². The van der Waals surface area contributed by atoms with Crippen LogP contribution in [-0.2, 0) is 0 Å². The molecule has 0 amide bonds. The Hall–Kier alpha value is -3.74. The van der Waals surface area contributed by atoms with Crippen molar-refractivity contribution in [3.8, 4) is 22.5 Å². The highest BCUT2D eigenvalue weighted by atomic mass is 16.6. The van der Waals surface area contributed by atoms with Crippen LogP contribution in [0.5, 0.6) is 0 Å². The van der Waals surface area contributed by atoms with E-state index in [1.54, 1.807) is 31.2 Å². The smallest absolute Gasteiger partial charge is 0.277 e. The van der Waals surface area contributed by atoms with Crippen LogP contribution in [0.3, 0.4) is 0 Å². The van der Waals surface area contributed by atoms with E-state index in [9.17, 15) is 19.7 Å². The fraction of sp³-hybridized carbons (Fsp3) is 0.0526. The Balaban J connectivity index is 2.12. The fourth-order valence-electron chi connectivity index (χ4n) is 3.21. The van der Waals surface area contributed by atoms with Crippen LogP contribution in [0.2, 0.25) is 0 Å². The first kappa shape index (κ1) is 15.8. The van der Waals surface area contributed by atoms with Crippen LogP contribution in [-0.4, -0.2) is 26.5 Å². The number of hydrogen-bond acceptors (Lipinski definition) is 6. The maximum Gasteiger partial charge on any atom is 0.277 e. The van der Waals surface area contributed by atoms with Crippen molar-refractivity contribution >= 4 is 17.3 Å². The van der Waals surface area contributed by atoms with Gasteiger partial charge in [0.2, 0.25) is 11.6 Å². The molecule has 0 unspecified atom stereocenters. The van der Waals surface area contributed by atoms with Gasteiger partial charge in [0.15, 0.2) is 0 Å². The molecular formula is C19H11N3O4. The third kappa shape index (κ3) is 2.14. The van der Waals surface area contributed by atoms with E-state index in [0.29, 0.717) is 16.8 Å². The van der Waals surface area contributed by atoms with Crippen LogP contribution in [0.15, 0.2) is 48.8 Å². The SMILES string of the molecule is Cc1cnc2c(c1-c1ccccc1[N+](=O)[O-])C(=O)C(=O)c1cccnc1-2. The van der Waals surface area contributed by atoms with E-state index in [0.717, 1.165) is 0 Å². The van der Waals surface area contributed by atoms with Crippen LogP contribution < -0.4 is 0 Å². The molecule has 0 saturated carbocycles. The quantitative estimate of drug-likeness (QED) is 0.400. The first-order valence-corrected chi connectivity index (χ1v) is 7.78. The lowest BCUT2D eigenvalue weighted by atomic mass is 9.84. The van der Waals surface area contributed by atoms with Crippen molar-refractivity contribution in [3.05, 3.63) is 75.6 Å². The Labute approximate surface area is 147 Å². The molecule has 3 aromatic rings. The largest absolute Gasteiger partial charge is 0.285 e. The average Bonchev–Trinajstić information content (AvgIpc) is 2.66. The average molecular weight is 345 g/mol. The van der Waals surface area contributed by atoms with Crippen LogP contribution in [0.1, 0.15) is 26.3 Å². The van der Waals surface area contributed by atoms with Gasteiger partial charge in [0.05, 0.1) is 21.6 Å². The molecule has 2 heterocycles. The minimum absolute atomic E-state index is 0.0653. The van der Waals surface area contributed by atoms with E-state index < -0.39 is 16.5 Å². The third-order valence-corrected chi connectivity index (χ3v) is 4.35. The van der Waals surface area contributed by atoms with Gasteiger partial charge in [0.1, 0.15) is 11.4 Å². The van der Waals surface area contributed by atoms with Gasteiger partial charge in [-0.05, 0) is 30.7 Å². The predicted molar refractivity (Wildman–Crippen MR) is 93.0 cm³/mol. The molecular weight excluding hydrogens is 334 g/mol. The van der Waals surface area contributed by atoms with Crippen molar-refractivity contribution in [2.24, 2.45) is 0 Å². The summed E-state index contributed by atoms with van der Waals surface area (Å²) in [6, 6.07) is 9.23. The van der Waals surface area contributed by atoms with Crippen molar-refractivity contribution in [1.29, 1.82) is 0 Å². The highest BCUT2D eigenvalue weighted by molar-refractivity contribution is 6.53. The monoisotopic (exact) mass is 345 g/mol. The molecule has 0 fully saturated rings. The number of aromatic nitrogens is 2. The summed E-state index contributed by atoms with van der Waals surface area (Å²) < 4.78 is 0. The van der Waals surface area contributed by atoms with Gasteiger partial charge in [-0.25, -0.2) is 0 Å². The van der Waals surface area contributed by atoms with Crippen molar-refractivity contribution < 1.29 is 14.5 Å². The van der Waals surface area contributed by atoms with E-state index in [-0.39, 0.29) is 28.1 Å². The second-order valence-electron chi connectivity index (χ2n) is 5.87. The number of para-hydroxylation sites is 1. The molecule has 0 bridgehead atoms. The summed E-state index contributed by atoms with van der Waals surface area (Å²) in [5, 5.41) is 11.4. The number of rotatable bonds is 2. The van der Waals surface area contributed by atoms with E-state index in [1.165, 1.54) is 24.5 Å². The molecule has 2 aromatic heterocycles. The van der Waals surface area contributed by atoms with Gasteiger partial charge in [0, 0.05) is 24.0 Å². The van der Waals surface area contributed by atoms with Gasteiger partial charge < -0.3 is 0 Å². The number of ketones is 2. The number of nitrogens with zero attached hydrogens (tertiary/aromatic N) is 3. The van der Waals surface area contributed by atoms with Crippen LogP contribution in [0.25, 0.3) is 22.5 Å². The fourth-order valence-corrected chi connectivity index (χ4v) is 3.21. The molecule has 1 aliphatic rings. The topological polar surface area (TPSA) is 103 Å². The van der Waals surface area contributed by atoms with E-state index in [2.05, 4.69) is 9.97 Å². The Kier molecular flexibility index (Phi) is 3.43. The summed E-state index contributed by atoms with van der Waals surface area (Å²) in [6.45, 7) is 1.70. The number of nitro groups is 1. The molecule has 7 nitrogen and oxygen atoms in total. The van der Waals surface area contributed by atoms with E-state index >= 15 is 0 Å². The Morgan fingerprint density at radius 2 is 1.62 bits per heavy atom. The summed E-state index contributed by atoms with van der Waals surface area (Å²) in [5.74, 6) is -1.42. The van der Waals surface area contributed by atoms with Gasteiger partial charge in [-0.3, -0.25) is 29.7 Å². The molecule has 4 rings (SSSR count). The highest BCUT2D eigenvalue weighted by Crippen LogP contribution is 2.40. The minimum Gasteiger partial charge on any atom is -0.285 e. The maximum atomic E-state index is 12.8. The van der Waals surface area contributed by atoms with Crippen LogP contribution >= 0.6 is 0 Å². The number of Topliss-reactive ketones (excluding diaryl/α,β-unsaturated/α-hetero) is 2. The van der Waals surface area contributed by atoms with Crippen molar-refractivity contribution in [2.75, 3.05) is 0 Å². The molecule has 7 heteroatoms. The Morgan fingerprint density at radius 1 is 0.885 bits per heavy atom. The zero-order valence-corrected chi connectivity index (χ0v) is 13.6. The minimum atomic E-state index is -0.732. The van der Waals surface area contributed by atoms with Crippen molar-refractivity contribution in [3.63, 3.8) is 0 Å². The lowest BCUT2D eigenvalue weighted by Crippen LogP contribution is -2.24. The van der Waals surface area contributed by atoms with Gasteiger partial charge in [-0.1, -0.05) is 12.1 Å².